The maximum atomic E-state index is 14.1. The van der Waals surface area contributed by atoms with Crippen molar-refractivity contribution in [1.82, 2.24) is 0 Å². The second-order valence-electron chi connectivity index (χ2n) is 8.88. The third-order valence-corrected chi connectivity index (χ3v) is 7.08. The molecule has 2 aliphatic heterocycles. The molecule has 2 aliphatic rings. The molecule has 33 heavy (non-hydrogen) atoms. The summed E-state index contributed by atoms with van der Waals surface area (Å²) in [6.07, 6.45) is -0.580. The van der Waals surface area contributed by atoms with Crippen LogP contribution in [0.25, 0.3) is 10.8 Å². The molecule has 4 nitrogen and oxygen atoms in total. The molecule has 0 aliphatic carbocycles. The van der Waals surface area contributed by atoms with Gasteiger partial charge in [-0.1, -0.05) is 60.7 Å². The van der Waals surface area contributed by atoms with Crippen molar-refractivity contribution in [3.8, 4) is 11.5 Å². The van der Waals surface area contributed by atoms with E-state index in [1.807, 2.05) is 49.5 Å². The molecular formula is C29H25NO3. The fourth-order valence-electron chi connectivity index (χ4n) is 5.47. The van der Waals surface area contributed by atoms with Crippen molar-refractivity contribution in [3.05, 3.63) is 102 Å². The molecule has 0 N–H and O–H groups in total. The summed E-state index contributed by atoms with van der Waals surface area (Å²) in [4.78, 5) is 16.3. The van der Waals surface area contributed by atoms with Crippen LogP contribution < -0.4 is 14.4 Å². The van der Waals surface area contributed by atoms with Crippen LogP contribution in [-0.2, 0) is 4.79 Å². The molecule has 0 saturated carbocycles. The van der Waals surface area contributed by atoms with Crippen LogP contribution >= 0.6 is 0 Å². The lowest BCUT2D eigenvalue weighted by atomic mass is 9.81. The van der Waals surface area contributed by atoms with Crippen LogP contribution in [0.4, 0.5) is 5.69 Å². The van der Waals surface area contributed by atoms with Gasteiger partial charge in [0.25, 0.3) is 0 Å². The van der Waals surface area contributed by atoms with Crippen LogP contribution in [-0.4, -0.2) is 32.6 Å². The topological polar surface area (TPSA) is 38.8 Å². The number of hydrogen-bond donors (Lipinski definition) is 0. The van der Waals surface area contributed by atoms with Crippen molar-refractivity contribution >= 4 is 22.2 Å². The maximum Gasteiger partial charge on any atom is 0.183 e. The lowest BCUT2D eigenvalue weighted by Crippen LogP contribution is -2.35. The Kier molecular flexibility index (Phi) is 4.61. The van der Waals surface area contributed by atoms with E-state index in [2.05, 4.69) is 47.4 Å². The van der Waals surface area contributed by atoms with Crippen LogP contribution in [0, 0.1) is 0 Å². The van der Waals surface area contributed by atoms with Crippen molar-refractivity contribution in [2.75, 3.05) is 25.6 Å². The zero-order valence-corrected chi connectivity index (χ0v) is 18.7. The van der Waals surface area contributed by atoms with Gasteiger partial charge in [0.15, 0.2) is 11.9 Å². The van der Waals surface area contributed by atoms with E-state index in [0.717, 1.165) is 44.6 Å². The highest BCUT2D eigenvalue weighted by Gasteiger charge is 2.45. The Morgan fingerprint density at radius 2 is 1.70 bits per heavy atom. The number of nitrogens with zero attached hydrogens (tertiary/aromatic N) is 1. The molecule has 4 aromatic rings. The van der Waals surface area contributed by atoms with Gasteiger partial charge in [-0.2, -0.15) is 0 Å². The number of carbonyl (C=O) groups excluding carboxylic acids is 1. The first-order valence-corrected chi connectivity index (χ1v) is 11.3. The van der Waals surface area contributed by atoms with Gasteiger partial charge in [-0.15, -0.1) is 0 Å². The number of rotatable bonds is 4. The second-order valence-corrected chi connectivity index (χ2v) is 8.88. The third-order valence-electron chi connectivity index (χ3n) is 7.08. The lowest BCUT2D eigenvalue weighted by Gasteiger charge is -2.22. The minimum Gasteiger partial charge on any atom is -0.497 e. The predicted octanol–water partition coefficient (Wildman–Crippen LogP) is 5.54. The van der Waals surface area contributed by atoms with Gasteiger partial charge in [0, 0.05) is 24.8 Å². The molecule has 4 heteroatoms. The van der Waals surface area contributed by atoms with E-state index in [-0.39, 0.29) is 17.6 Å². The molecule has 6 rings (SSSR count). The monoisotopic (exact) mass is 435 g/mol. The van der Waals surface area contributed by atoms with Gasteiger partial charge in [0.1, 0.15) is 11.5 Å². The molecule has 4 aromatic carbocycles. The van der Waals surface area contributed by atoms with Gasteiger partial charge in [0.05, 0.1) is 18.9 Å². The minimum absolute atomic E-state index is 0.132. The second kappa shape index (κ2) is 7.66. The summed E-state index contributed by atoms with van der Waals surface area (Å²) in [6.45, 7) is 0.671. The van der Waals surface area contributed by atoms with E-state index in [1.165, 1.54) is 0 Å². The molecule has 0 amide bonds. The summed E-state index contributed by atoms with van der Waals surface area (Å²) in [5, 5.41) is 2.28. The number of para-hydroxylation sites is 1. The first-order chi connectivity index (χ1) is 16.2. The van der Waals surface area contributed by atoms with Gasteiger partial charge in [-0.25, -0.2) is 0 Å². The number of methoxy groups -OCH3 is 1. The van der Waals surface area contributed by atoms with Crippen molar-refractivity contribution in [2.24, 2.45) is 0 Å². The zero-order valence-electron chi connectivity index (χ0n) is 18.7. The highest BCUT2D eigenvalue weighted by atomic mass is 16.5. The molecule has 0 spiro atoms. The maximum absolute atomic E-state index is 14.1. The normalized spacial score (nSPS) is 20.9. The van der Waals surface area contributed by atoms with Gasteiger partial charge >= 0.3 is 0 Å². The predicted molar refractivity (Wildman–Crippen MR) is 131 cm³/mol. The molecule has 0 radical (unpaired) electrons. The average molecular weight is 436 g/mol. The molecule has 2 heterocycles. The molecular weight excluding hydrogens is 410 g/mol. The summed E-state index contributed by atoms with van der Waals surface area (Å²) < 4.78 is 11.8. The van der Waals surface area contributed by atoms with E-state index in [0.29, 0.717) is 6.54 Å². The molecule has 0 saturated heterocycles. The number of likely N-dealkylation sites (N-methyl/N-ethyl adjacent to an activating group) is 1. The summed E-state index contributed by atoms with van der Waals surface area (Å²) in [7, 11) is 3.71. The van der Waals surface area contributed by atoms with Crippen molar-refractivity contribution in [3.63, 3.8) is 0 Å². The van der Waals surface area contributed by atoms with Gasteiger partial charge < -0.3 is 14.4 Å². The standard InChI is InChI=1S/C29H25NO3/c1-30-17-23(22-9-5-6-10-24(22)30)28(31)29-26(19-11-14-20(32-2)15-12-19)27-21-8-4-3-7-18(21)13-16-25(27)33-29/h3-16,23,26,29H,17H2,1-2H3/t23?,26-,29+/m0/s1. The van der Waals surface area contributed by atoms with Gasteiger partial charge in [-0.3, -0.25) is 4.79 Å². The number of hydrogen-bond acceptors (Lipinski definition) is 4. The van der Waals surface area contributed by atoms with Crippen LogP contribution in [0.2, 0.25) is 0 Å². The molecule has 1 unspecified atom stereocenters. The number of anilines is 1. The van der Waals surface area contributed by atoms with Crippen molar-refractivity contribution in [1.29, 1.82) is 0 Å². The third kappa shape index (κ3) is 3.09. The summed E-state index contributed by atoms with van der Waals surface area (Å²) >= 11 is 0. The van der Waals surface area contributed by atoms with E-state index in [9.17, 15) is 4.79 Å². The van der Waals surface area contributed by atoms with E-state index in [4.69, 9.17) is 9.47 Å². The Morgan fingerprint density at radius 1 is 0.939 bits per heavy atom. The van der Waals surface area contributed by atoms with Crippen LogP contribution in [0.3, 0.4) is 0 Å². The van der Waals surface area contributed by atoms with E-state index in [1.54, 1.807) is 7.11 Å². The molecule has 3 atom stereocenters. The number of ether oxygens (including phenoxy) is 2. The summed E-state index contributed by atoms with van der Waals surface area (Å²) in [6, 6.07) is 28.6. The SMILES string of the molecule is COc1ccc([C@H]2c3c(ccc4ccccc34)O[C@H]2C(=O)C2CN(C)c3ccccc32)cc1. The molecule has 0 aromatic heterocycles. The highest BCUT2D eigenvalue weighted by molar-refractivity contribution is 5.98. The van der Waals surface area contributed by atoms with E-state index < -0.39 is 6.10 Å². The van der Waals surface area contributed by atoms with Gasteiger partial charge in [0.2, 0.25) is 0 Å². The van der Waals surface area contributed by atoms with Gasteiger partial charge in [-0.05, 0) is 46.2 Å². The average Bonchev–Trinajstić information content (AvgIpc) is 3.42. The number of carbonyl (C=O) groups is 1. The Morgan fingerprint density at radius 3 is 2.52 bits per heavy atom. The Balaban J connectivity index is 1.48. The molecule has 0 fully saturated rings. The number of benzene rings is 4. The molecule has 164 valence electrons. The molecule has 0 bridgehead atoms. The largest absolute Gasteiger partial charge is 0.497 e. The smallest absolute Gasteiger partial charge is 0.183 e. The quantitative estimate of drug-likeness (QED) is 0.422. The summed E-state index contributed by atoms with van der Waals surface area (Å²) in [5.41, 5.74) is 4.36. The fraction of sp³-hybridized carbons (Fsp3) is 0.207. The Hall–Kier alpha value is -3.79. The minimum atomic E-state index is -0.580. The first-order valence-electron chi connectivity index (χ1n) is 11.3. The number of ketones is 1. The first kappa shape index (κ1) is 19.9. The fourth-order valence-corrected chi connectivity index (χ4v) is 5.47. The van der Waals surface area contributed by atoms with Crippen molar-refractivity contribution in [2.45, 2.75) is 17.9 Å². The summed E-state index contributed by atoms with van der Waals surface area (Å²) in [5.74, 6) is 1.34. The van der Waals surface area contributed by atoms with Crippen LogP contribution in [0.1, 0.15) is 28.5 Å². The van der Waals surface area contributed by atoms with Crippen molar-refractivity contribution < 1.29 is 14.3 Å². The Bertz CT molecular complexity index is 1360. The zero-order chi connectivity index (χ0) is 22.5. The van der Waals surface area contributed by atoms with E-state index >= 15 is 0 Å². The van der Waals surface area contributed by atoms with Crippen LogP contribution in [0.15, 0.2) is 84.9 Å². The van der Waals surface area contributed by atoms with Crippen LogP contribution in [0.5, 0.6) is 11.5 Å². The lowest BCUT2D eigenvalue weighted by molar-refractivity contribution is -0.126. The Labute approximate surface area is 193 Å². The highest BCUT2D eigenvalue weighted by Crippen LogP contribution is 2.48. The number of fused-ring (bicyclic) bond motifs is 4. The number of Topliss-reactive ketones (excluding diaryl/α,β-unsaturated/α-hetero) is 1.